The number of aryl methyl sites for hydroxylation is 1. The highest BCUT2D eigenvalue weighted by Crippen LogP contribution is 2.23. The zero-order chi connectivity index (χ0) is 19.5. The van der Waals surface area contributed by atoms with E-state index < -0.39 is 11.7 Å². The van der Waals surface area contributed by atoms with Crippen LogP contribution in [-0.2, 0) is 11.3 Å². The van der Waals surface area contributed by atoms with Crippen molar-refractivity contribution in [3.8, 4) is 0 Å². The molecule has 5 nitrogen and oxygen atoms in total. The van der Waals surface area contributed by atoms with E-state index in [0.717, 1.165) is 16.5 Å². The van der Waals surface area contributed by atoms with Crippen LogP contribution in [0.2, 0.25) is 0 Å². The number of hydrogen-bond donors (Lipinski definition) is 1. The number of amides is 1. The van der Waals surface area contributed by atoms with Crippen molar-refractivity contribution in [2.24, 2.45) is 0 Å². The van der Waals surface area contributed by atoms with Crippen LogP contribution in [0.3, 0.4) is 0 Å². The van der Waals surface area contributed by atoms with Crippen molar-refractivity contribution in [1.82, 2.24) is 9.55 Å². The Morgan fingerprint density at radius 1 is 0.964 bits per heavy atom. The number of benzene rings is 2. The minimum Gasteiger partial charge on any atom is -0.342 e. The van der Waals surface area contributed by atoms with Crippen LogP contribution in [0.15, 0.2) is 79.3 Å². The van der Waals surface area contributed by atoms with Crippen molar-refractivity contribution >= 4 is 28.3 Å². The van der Waals surface area contributed by atoms with E-state index in [4.69, 9.17) is 0 Å². The van der Waals surface area contributed by atoms with Gasteiger partial charge in [-0.3, -0.25) is 14.6 Å². The van der Waals surface area contributed by atoms with Gasteiger partial charge in [0.05, 0.1) is 5.56 Å². The van der Waals surface area contributed by atoms with Gasteiger partial charge < -0.3 is 9.88 Å². The van der Waals surface area contributed by atoms with E-state index in [1.807, 2.05) is 35.8 Å². The average Bonchev–Trinajstić information content (AvgIpc) is 3.08. The second kappa shape index (κ2) is 7.48. The lowest BCUT2D eigenvalue weighted by atomic mass is 10.1. The van der Waals surface area contributed by atoms with Crippen molar-refractivity contribution in [1.29, 1.82) is 0 Å². The maximum absolute atomic E-state index is 12.8. The summed E-state index contributed by atoms with van der Waals surface area (Å²) in [5, 5.41) is 3.40. The number of aromatic nitrogens is 2. The molecule has 28 heavy (non-hydrogen) atoms. The molecule has 0 aliphatic heterocycles. The van der Waals surface area contributed by atoms with Crippen molar-refractivity contribution in [3.63, 3.8) is 0 Å². The summed E-state index contributed by atoms with van der Waals surface area (Å²) in [5.41, 5.74) is 4.19. The number of fused-ring (bicyclic) bond motifs is 1. The lowest BCUT2D eigenvalue weighted by molar-refractivity contribution is -0.112. The summed E-state index contributed by atoms with van der Waals surface area (Å²) < 4.78 is 2.01. The van der Waals surface area contributed by atoms with Gasteiger partial charge in [0.15, 0.2) is 0 Å². The third kappa shape index (κ3) is 3.55. The Balaban J connectivity index is 1.66. The first-order chi connectivity index (χ1) is 13.6. The lowest BCUT2D eigenvalue weighted by Gasteiger charge is -2.06. The molecule has 0 saturated heterocycles. The molecule has 0 atom stereocenters. The Hall–Kier alpha value is -3.73. The van der Waals surface area contributed by atoms with E-state index in [1.165, 1.54) is 5.56 Å². The minimum atomic E-state index is -0.663. The summed E-state index contributed by atoms with van der Waals surface area (Å²) in [5.74, 6) is -1.22. The molecule has 4 rings (SSSR count). The van der Waals surface area contributed by atoms with Crippen LogP contribution in [0.1, 0.15) is 21.5 Å². The molecule has 0 radical (unpaired) electrons. The van der Waals surface area contributed by atoms with Crippen LogP contribution >= 0.6 is 0 Å². The molecule has 4 aromatic rings. The van der Waals surface area contributed by atoms with E-state index in [0.29, 0.717) is 17.8 Å². The van der Waals surface area contributed by atoms with Crippen LogP contribution in [0.25, 0.3) is 10.9 Å². The van der Waals surface area contributed by atoms with Gasteiger partial charge in [-0.2, -0.15) is 0 Å². The van der Waals surface area contributed by atoms with Gasteiger partial charge >= 0.3 is 0 Å². The van der Waals surface area contributed by atoms with Crippen molar-refractivity contribution in [2.75, 3.05) is 5.32 Å². The molecular weight excluding hydrogens is 350 g/mol. The summed E-state index contributed by atoms with van der Waals surface area (Å²) in [6.45, 7) is 2.67. The number of pyridine rings is 1. The van der Waals surface area contributed by atoms with Crippen LogP contribution in [-0.4, -0.2) is 21.2 Å². The average molecular weight is 369 g/mol. The zero-order valence-corrected chi connectivity index (χ0v) is 15.4. The highest BCUT2D eigenvalue weighted by atomic mass is 16.2. The Labute approximate surface area is 162 Å². The maximum atomic E-state index is 12.8. The van der Waals surface area contributed by atoms with Crippen molar-refractivity contribution in [3.05, 3.63) is 95.9 Å². The Bertz CT molecular complexity index is 1150. The van der Waals surface area contributed by atoms with Gasteiger partial charge in [0, 0.05) is 41.7 Å². The first kappa shape index (κ1) is 17.7. The molecule has 1 N–H and O–H groups in total. The van der Waals surface area contributed by atoms with Crippen LogP contribution < -0.4 is 5.32 Å². The van der Waals surface area contributed by atoms with Gasteiger partial charge in [0.1, 0.15) is 0 Å². The highest BCUT2D eigenvalue weighted by Gasteiger charge is 2.21. The molecule has 5 heteroatoms. The zero-order valence-electron chi connectivity index (χ0n) is 15.4. The fourth-order valence-corrected chi connectivity index (χ4v) is 3.19. The molecule has 0 spiro atoms. The van der Waals surface area contributed by atoms with Gasteiger partial charge in [0.25, 0.3) is 11.7 Å². The second-order valence-electron chi connectivity index (χ2n) is 6.69. The fourth-order valence-electron chi connectivity index (χ4n) is 3.19. The topological polar surface area (TPSA) is 64.0 Å². The number of carbonyl (C=O) groups excluding carboxylic acids is 2. The highest BCUT2D eigenvalue weighted by molar-refractivity contribution is 6.48. The van der Waals surface area contributed by atoms with Gasteiger partial charge in [-0.25, -0.2) is 0 Å². The predicted molar refractivity (Wildman–Crippen MR) is 109 cm³/mol. The normalized spacial score (nSPS) is 10.8. The summed E-state index contributed by atoms with van der Waals surface area (Å²) in [6.07, 6.45) is 4.89. The maximum Gasteiger partial charge on any atom is 0.296 e. The number of para-hydroxylation sites is 1. The first-order valence-electron chi connectivity index (χ1n) is 9.01. The Kier molecular flexibility index (Phi) is 4.72. The third-order valence-electron chi connectivity index (χ3n) is 4.65. The second-order valence-corrected chi connectivity index (χ2v) is 6.69. The third-order valence-corrected chi connectivity index (χ3v) is 4.65. The van der Waals surface area contributed by atoms with Crippen LogP contribution in [0.4, 0.5) is 5.69 Å². The number of Topliss-reactive ketones (excluding diaryl/α,β-unsaturated/α-hetero) is 1. The molecule has 0 aliphatic rings. The number of nitrogens with one attached hydrogen (secondary N) is 1. The molecule has 0 unspecified atom stereocenters. The number of nitrogens with zero attached hydrogens (tertiary/aromatic N) is 2. The van der Waals surface area contributed by atoms with E-state index in [-0.39, 0.29) is 0 Å². The molecule has 2 aromatic carbocycles. The largest absolute Gasteiger partial charge is 0.342 e. The van der Waals surface area contributed by atoms with Crippen molar-refractivity contribution in [2.45, 2.75) is 13.5 Å². The molecule has 0 bridgehead atoms. The van der Waals surface area contributed by atoms with E-state index >= 15 is 0 Å². The van der Waals surface area contributed by atoms with Crippen molar-refractivity contribution < 1.29 is 9.59 Å². The van der Waals surface area contributed by atoms with Gasteiger partial charge in [0.2, 0.25) is 0 Å². The standard InChI is InChI=1S/C23H19N3O2/c1-16-6-8-17(9-7-16)14-26-15-20(19-4-2-3-5-21(19)26)22(27)23(28)25-18-10-12-24-13-11-18/h2-13,15H,14H2,1H3,(H,24,25,28). The van der Waals surface area contributed by atoms with Crippen LogP contribution in [0, 0.1) is 6.92 Å². The number of anilines is 1. The molecular formula is C23H19N3O2. The summed E-state index contributed by atoms with van der Waals surface area (Å²) in [7, 11) is 0. The molecule has 0 aliphatic carbocycles. The number of carbonyl (C=O) groups is 2. The fraction of sp³-hybridized carbons (Fsp3) is 0.0870. The summed E-state index contributed by atoms with van der Waals surface area (Å²) >= 11 is 0. The first-order valence-corrected chi connectivity index (χ1v) is 9.01. The van der Waals surface area contributed by atoms with Gasteiger partial charge in [-0.15, -0.1) is 0 Å². The summed E-state index contributed by atoms with van der Waals surface area (Å²) in [4.78, 5) is 29.2. The van der Waals surface area contributed by atoms with E-state index in [2.05, 4.69) is 34.6 Å². The smallest absolute Gasteiger partial charge is 0.296 e. The predicted octanol–water partition coefficient (Wildman–Crippen LogP) is 4.21. The lowest BCUT2D eigenvalue weighted by Crippen LogP contribution is -2.22. The van der Waals surface area contributed by atoms with Crippen LogP contribution in [0.5, 0.6) is 0 Å². The van der Waals surface area contributed by atoms with E-state index in [9.17, 15) is 9.59 Å². The number of rotatable bonds is 5. The monoisotopic (exact) mass is 369 g/mol. The molecule has 0 saturated carbocycles. The molecule has 138 valence electrons. The quantitative estimate of drug-likeness (QED) is 0.423. The molecule has 1 amide bonds. The molecule has 2 aromatic heterocycles. The Morgan fingerprint density at radius 3 is 2.43 bits per heavy atom. The molecule has 2 heterocycles. The van der Waals surface area contributed by atoms with E-state index in [1.54, 1.807) is 30.7 Å². The number of hydrogen-bond acceptors (Lipinski definition) is 3. The Morgan fingerprint density at radius 2 is 1.68 bits per heavy atom. The van der Waals surface area contributed by atoms with Gasteiger partial charge in [-0.05, 0) is 30.7 Å². The summed E-state index contributed by atoms with van der Waals surface area (Å²) in [6, 6.07) is 19.2. The molecule has 0 fully saturated rings. The minimum absolute atomic E-state index is 0.397. The van der Waals surface area contributed by atoms with Gasteiger partial charge in [-0.1, -0.05) is 48.0 Å². The number of ketones is 1. The SMILES string of the molecule is Cc1ccc(Cn2cc(C(=O)C(=O)Nc3ccncc3)c3ccccc32)cc1.